The molecule has 0 bridgehead atoms. The van der Waals surface area contributed by atoms with Crippen molar-refractivity contribution >= 4 is 82.2 Å². The second-order valence-corrected chi connectivity index (χ2v) is 11.4. The first kappa shape index (κ1) is 20.1. The minimum Gasteiger partial charge on any atom is -0.506 e. The number of nitrogens with one attached hydrogen (secondary N) is 1. The number of imidazole rings is 1. The number of carbonyl (C=O) groups is 1. The third-order valence-electron chi connectivity index (χ3n) is 3.94. The number of thiophene rings is 2. The Morgan fingerprint density at radius 2 is 1.76 bits per heavy atom. The number of aliphatic hydroxyl groups excluding tert-OH is 1. The van der Waals surface area contributed by atoms with Crippen LogP contribution in [-0.4, -0.2) is 29.3 Å². The second-order valence-electron chi connectivity index (χ2n) is 5.82. The van der Waals surface area contributed by atoms with Gasteiger partial charge in [0.05, 0.1) is 25.1 Å². The highest BCUT2D eigenvalue weighted by atomic mass is 35.7. The first-order valence-corrected chi connectivity index (χ1v) is 12.3. The summed E-state index contributed by atoms with van der Waals surface area (Å²) in [6, 6.07) is 12.9. The number of Topliss-reactive ketones (excluding diaryl/α,β-unsaturated/α-hetero) is 1. The number of H-pyrrole nitrogens is 1. The van der Waals surface area contributed by atoms with Crippen LogP contribution in [0.4, 0.5) is 0 Å². The lowest BCUT2D eigenvalue weighted by atomic mass is 10.1. The van der Waals surface area contributed by atoms with Gasteiger partial charge in [-0.25, -0.2) is 13.4 Å². The average molecular weight is 485 g/mol. The van der Waals surface area contributed by atoms with E-state index in [2.05, 4.69) is 9.97 Å². The van der Waals surface area contributed by atoms with Crippen LogP contribution in [0, 0.1) is 0 Å². The Hall–Kier alpha value is -2.17. The van der Waals surface area contributed by atoms with Crippen molar-refractivity contribution in [2.24, 2.45) is 0 Å². The molecule has 11 heteroatoms. The molecule has 6 nitrogen and oxygen atoms in total. The van der Waals surface area contributed by atoms with Gasteiger partial charge in [0.25, 0.3) is 9.05 Å². The van der Waals surface area contributed by atoms with E-state index in [1.807, 2.05) is 6.07 Å². The zero-order chi connectivity index (χ0) is 20.8. The van der Waals surface area contributed by atoms with Crippen LogP contribution in [0.3, 0.4) is 0 Å². The van der Waals surface area contributed by atoms with Gasteiger partial charge in [-0.2, -0.15) is 0 Å². The Kier molecular flexibility index (Phi) is 5.26. The molecule has 148 valence electrons. The van der Waals surface area contributed by atoms with Crippen molar-refractivity contribution in [3.63, 3.8) is 0 Å². The van der Waals surface area contributed by atoms with Crippen LogP contribution in [0.15, 0.2) is 52.7 Å². The molecule has 0 unspecified atom stereocenters. The summed E-state index contributed by atoms with van der Waals surface area (Å²) in [5, 5.41) is 10.9. The highest BCUT2D eigenvalue weighted by Crippen LogP contribution is 2.35. The number of carbonyl (C=O) groups excluding carboxylic acids is 1. The Morgan fingerprint density at radius 1 is 1.03 bits per heavy atom. The minimum atomic E-state index is -3.96. The van der Waals surface area contributed by atoms with Gasteiger partial charge >= 0.3 is 0 Å². The Labute approximate surface area is 182 Å². The van der Waals surface area contributed by atoms with E-state index < -0.39 is 20.6 Å². The number of hydrogen-bond donors (Lipinski definition) is 2. The lowest BCUT2D eigenvalue weighted by molar-refractivity contribution is 0.105. The van der Waals surface area contributed by atoms with E-state index in [0.29, 0.717) is 20.2 Å². The van der Waals surface area contributed by atoms with Crippen LogP contribution in [0.1, 0.15) is 20.4 Å². The number of benzene rings is 1. The minimum absolute atomic E-state index is 0.0971. The number of hydrogen-bond acceptors (Lipinski definition) is 7. The molecule has 1 aromatic carbocycles. The molecule has 0 fully saturated rings. The van der Waals surface area contributed by atoms with E-state index in [0.717, 1.165) is 22.7 Å². The Balaban J connectivity index is 1.92. The highest BCUT2D eigenvalue weighted by Gasteiger charge is 2.26. The van der Waals surface area contributed by atoms with E-state index in [1.165, 1.54) is 12.1 Å². The van der Waals surface area contributed by atoms with Crippen molar-refractivity contribution < 1.29 is 18.3 Å². The number of aromatic amines is 1. The van der Waals surface area contributed by atoms with Crippen molar-refractivity contribution in [3.8, 4) is 0 Å². The standard InChI is InChI=1S/C18H10Cl2N2O4S3/c19-13-7-5-11(27-13)16(23)15(18-21-9-3-1-2-4-10(9)22-18)17(24)12-6-8-14(28-12)29(20,25)26/h1-8,24H,(H,21,22)/b17-15-. The number of rotatable bonds is 5. The van der Waals surface area contributed by atoms with Crippen LogP contribution >= 0.6 is 45.0 Å². The van der Waals surface area contributed by atoms with Crippen LogP contribution in [0.5, 0.6) is 0 Å². The molecule has 4 rings (SSSR count). The molecule has 3 aromatic heterocycles. The number of ketones is 1. The maximum absolute atomic E-state index is 13.2. The van der Waals surface area contributed by atoms with Gasteiger partial charge in [0.2, 0.25) is 5.78 Å². The first-order chi connectivity index (χ1) is 13.7. The zero-order valence-electron chi connectivity index (χ0n) is 14.2. The Morgan fingerprint density at radius 3 is 2.38 bits per heavy atom. The van der Waals surface area contributed by atoms with E-state index in [1.54, 1.807) is 30.3 Å². The van der Waals surface area contributed by atoms with Gasteiger partial charge in [-0.3, -0.25) is 4.79 Å². The summed E-state index contributed by atoms with van der Waals surface area (Å²) >= 11 is 7.77. The molecular formula is C18H10Cl2N2O4S3. The quantitative estimate of drug-likeness (QED) is 0.167. The second kappa shape index (κ2) is 7.58. The summed E-state index contributed by atoms with van der Waals surface area (Å²) in [7, 11) is 1.41. The number of para-hydroxylation sites is 2. The largest absolute Gasteiger partial charge is 0.506 e. The van der Waals surface area contributed by atoms with Gasteiger partial charge in [-0.1, -0.05) is 23.7 Å². The smallest absolute Gasteiger partial charge is 0.270 e. The highest BCUT2D eigenvalue weighted by molar-refractivity contribution is 8.15. The van der Waals surface area contributed by atoms with Crippen molar-refractivity contribution in [1.29, 1.82) is 0 Å². The maximum atomic E-state index is 13.2. The van der Waals surface area contributed by atoms with Gasteiger partial charge in [-0.15, -0.1) is 22.7 Å². The number of allylic oxidation sites excluding steroid dienone is 1. The number of nitrogens with zero attached hydrogens (tertiary/aromatic N) is 1. The topological polar surface area (TPSA) is 100 Å². The summed E-state index contributed by atoms with van der Waals surface area (Å²) in [6.07, 6.45) is 0. The molecule has 0 aliphatic rings. The molecule has 0 amide bonds. The summed E-state index contributed by atoms with van der Waals surface area (Å²) in [5.41, 5.74) is 1.19. The molecule has 0 aliphatic carbocycles. The lowest BCUT2D eigenvalue weighted by Gasteiger charge is -2.06. The van der Waals surface area contributed by atoms with Crippen molar-refractivity contribution in [3.05, 3.63) is 68.4 Å². The zero-order valence-corrected chi connectivity index (χ0v) is 18.2. The summed E-state index contributed by atoms with van der Waals surface area (Å²) in [5.74, 6) is -0.751. The van der Waals surface area contributed by atoms with E-state index in [9.17, 15) is 18.3 Å². The third kappa shape index (κ3) is 3.96. The van der Waals surface area contributed by atoms with Gasteiger partial charge in [0.1, 0.15) is 21.4 Å². The molecule has 0 spiro atoms. The van der Waals surface area contributed by atoms with Crippen molar-refractivity contribution in [2.45, 2.75) is 4.21 Å². The van der Waals surface area contributed by atoms with Crippen LogP contribution in [0.25, 0.3) is 22.4 Å². The molecule has 0 saturated carbocycles. The van der Waals surface area contributed by atoms with Crippen molar-refractivity contribution in [1.82, 2.24) is 9.97 Å². The van der Waals surface area contributed by atoms with E-state index in [4.69, 9.17) is 22.3 Å². The van der Waals surface area contributed by atoms with Crippen LogP contribution < -0.4 is 0 Å². The predicted molar refractivity (Wildman–Crippen MR) is 117 cm³/mol. The molecular weight excluding hydrogens is 475 g/mol. The van der Waals surface area contributed by atoms with Crippen LogP contribution in [0.2, 0.25) is 4.34 Å². The van der Waals surface area contributed by atoms with Gasteiger partial charge in [-0.05, 0) is 36.4 Å². The SMILES string of the molecule is O=C(/C(=C(/O)c1ccc(S(=O)(=O)Cl)s1)c1nc2ccccc2[nH]1)c1ccc(Cl)s1. The summed E-state index contributed by atoms with van der Waals surface area (Å²) in [4.78, 5) is 21.1. The van der Waals surface area contributed by atoms with E-state index in [-0.39, 0.29) is 20.5 Å². The first-order valence-electron chi connectivity index (χ1n) is 7.97. The molecule has 3 heterocycles. The van der Waals surface area contributed by atoms with Gasteiger partial charge in [0.15, 0.2) is 0 Å². The molecule has 4 aromatic rings. The fourth-order valence-corrected chi connectivity index (χ4v) is 5.67. The monoisotopic (exact) mass is 484 g/mol. The number of aromatic nitrogens is 2. The number of fused-ring (bicyclic) bond motifs is 1. The third-order valence-corrected chi connectivity index (χ3v) is 8.36. The molecule has 0 atom stereocenters. The average Bonchev–Trinajstić information content (AvgIpc) is 3.39. The molecule has 0 radical (unpaired) electrons. The summed E-state index contributed by atoms with van der Waals surface area (Å²) in [6.45, 7) is 0. The molecule has 0 saturated heterocycles. The predicted octanol–water partition coefficient (Wildman–Crippen LogP) is 5.58. The lowest BCUT2D eigenvalue weighted by Crippen LogP contribution is -2.05. The van der Waals surface area contributed by atoms with Crippen molar-refractivity contribution in [2.75, 3.05) is 0 Å². The maximum Gasteiger partial charge on any atom is 0.270 e. The Bertz CT molecular complexity index is 1350. The molecule has 0 aliphatic heterocycles. The fraction of sp³-hybridized carbons (Fsp3) is 0. The van der Waals surface area contributed by atoms with E-state index >= 15 is 0 Å². The number of aliphatic hydroxyl groups is 1. The van der Waals surface area contributed by atoms with Crippen LogP contribution in [-0.2, 0) is 9.05 Å². The molecule has 2 N–H and O–H groups in total. The molecule has 29 heavy (non-hydrogen) atoms. The van der Waals surface area contributed by atoms with Gasteiger partial charge in [0, 0.05) is 10.7 Å². The number of halogens is 2. The van der Waals surface area contributed by atoms with Gasteiger partial charge < -0.3 is 10.1 Å². The fourth-order valence-electron chi connectivity index (χ4n) is 2.66. The normalized spacial score (nSPS) is 12.9. The summed E-state index contributed by atoms with van der Waals surface area (Å²) < 4.78 is 23.4.